The molecule has 2 rings (SSSR count). The van der Waals surface area contributed by atoms with E-state index < -0.39 is 0 Å². The first-order chi connectivity index (χ1) is 12.3. The average molecular weight is 334 g/mol. The van der Waals surface area contributed by atoms with Crippen molar-refractivity contribution in [3.05, 3.63) is 83.4 Å². The third kappa shape index (κ3) is 5.82. The summed E-state index contributed by atoms with van der Waals surface area (Å²) in [5.41, 5.74) is 2.48. The van der Waals surface area contributed by atoms with E-state index in [9.17, 15) is 9.59 Å². The Bertz CT molecular complexity index is 701. The highest BCUT2D eigenvalue weighted by atomic mass is 16.1. The fraction of sp³-hybridized carbons (Fsp3) is 0.304. The van der Waals surface area contributed by atoms with Gasteiger partial charge in [0.05, 0.1) is 0 Å². The molecule has 2 aromatic rings. The summed E-state index contributed by atoms with van der Waals surface area (Å²) in [4.78, 5) is 23.9. The number of aldehydes is 1. The van der Waals surface area contributed by atoms with Gasteiger partial charge in [0.25, 0.3) is 0 Å². The van der Waals surface area contributed by atoms with Gasteiger partial charge in [-0.2, -0.15) is 0 Å². The van der Waals surface area contributed by atoms with Crippen LogP contribution in [-0.2, 0) is 11.2 Å². The molecule has 0 saturated carbocycles. The molecule has 0 bridgehead atoms. The third-order valence-electron chi connectivity index (χ3n) is 4.38. The van der Waals surface area contributed by atoms with Crippen LogP contribution in [0.1, 0.15) is 54.1 Å². The number of ketones is 1. The van der Waals surface area contributed by atoms with Crippen molar-refractivity contribution in [1.82, 2.24) is 0 Å². The summed E-state index contributed by atoms with van der Waals surface area (Å²) in [5.74, 6) is 0.315. The van der Waals surface area contributed by atoms with Crippen LogP contribution in [0.5, 0.6) is 0 Å². The lowest BCUT2D eigenvalue weighted by Crippen LogP contribution is -2.11. The molecular formula is C23H26O2. The summed E-state index contributed by atoms with van der Waals surface area (Å²) >= 11 is 0. The van der Waals surface area contributed by atoms with Gasteiger partial charge in [-0.15, -0.1) is 0 Å². The van der Waals surface area contributed by atoms with E-state index in [0.29, 0.717) is 12.0 Å². The second kappa shape index (κ2) is 10.4. The highest BCUT2D eigenvalue weighted by Gasteiger charge is 2.16. The fourth-order valence-corrected chi connectivity index (χ4v) is 3.03. The second-order valence-corrected chi connectivity index (χ2v) is 6.28. The van der Waals surface area contributed by atoms with E-state index in [2.05, 4.69) is 19.1 Å². The van der Waals surface area contributed by atoms with Crippen molar-refractivity contribution < 1.29 is 9.59 Å². The summed E-state index contributed by atoms with van der Waals surface area (Å²) in [6.07, 6.45) is 9.60. The molecule has 25 heavy (non-hydrogen) atoms. The molecule has 2 aromatic carbocycles. The smallest absolute Gasteiger partial charge is 0.193 e. The van der Waals surface area contributed by atoms with Crippen molar-refractivity contribution >= 4 is 12.1 Å². The Labute approximate surface area is 150 Å². The standard InChI is InChI=1S/C23H26O2/c1-2-3-4-6-11-19(16-17-24)18-21-14-9-10-15-22(21)23(25)20-12-7-5-8-13-20/h3-5,7-10,12-15,17,19H,2,6,11,16,18H2,1H3/b4-3-/t19-/m1/s1. The van der Waals surface area contributed by atoms with E-state index in [4.69, 9.17) is 0 Å². The molecular weight excluding hydrogens is 308 g/mol. The number of hydrogen-bond acceptors (Lipinski definition) is 2. The lowest BCUT2D eigenvalue weighted by atomic mass is 9.88. The lowest BCUT2D eigenvalue weighted by molar-refractivity contribution is -0.108. The minimum absolute atomic E-state index is 0.0481. The molecule has 0 spiro atoms. The van der Waals surface area contributed by atoms with Gasteiger partial charge < -0.3 is 4.79 Å². The first-order valence-electron chi connectivity index (χ1n) is 9.02. The van der Waals surface area contributed by atoms with E-state index in [1.807, 2.05) is 54.6 Å². The van der Waals surface area contributed by atoms with Gasteiger partial charge in [0, 0.05) is 17.5 Å². The minimum atomic E-state index is 0.0481. The Balaban J connectivity index is 2.16. The monoisotopic (exact) mass is 334 g/mol. The van der Waals surface area contributed by atoms with Crippen molar-refractivity contribution in [2.45, 2.75) is 39.0 Å². The molecule has 2 heteroatoms. The first kappa shape index (κ1) is 18.9. The number of rotatable bonds is 10. The van der Waals surface area contributed by atoms with Gasteiger partial charge >= 0.3 is 0 Å². The molecule has 0 aromatic heterocycles. The Hall–Kier alpha value is -2.48. The van der Waals surface area contributed by atoms with Crippen LogP contribution >= 0.6 is 0 Å². The topological polar surface area (TPSA) is 34.1 Å². The van der Waals surface area contributed by atoms with E-state index in [-0.39, 0.29) is 11.7 Å². The minimum Gasteiger partial charge on any atom is -0.303 e. The molecule has 0 heterocycles. The van der Waals surface area contributed by atoms with Crippen LogP contribution in [0.4, 0.5) is 0 Å². The molecule has 0 N–H and O–H groups in total. The summed E-state index contributed by atoms with van der Waals surface area (Å²) < 4.78 is 0. The summed E-state index contributed by atoms with van der Waals surface area (Å²) in [5, 5.41) is 0. The first-order valence-corrected chi connectivity index (χ1v) is 9.02. The SMILES string of the molecule is CC/C=C\CC[C@H](CC=O)Cc1ccccc1C(=O)c1ccccc1. The molecule has 0 unspecified atom stereocenters. The van der Waals surface area contributed by atoms with Crippen molar-refractivity contribution in [3.63, 3.8) is 0 Å². The molecule has 1 atom stereocenters. The number of allylic oxidation sites excluding steroid dienone is 2. The zero-order valence-electron chi connectivity index (χ0n) is 14.9. The molecule has 0 amide bonds. The Morgan fingerprint density at radius 2 is 1.72 bits per heavy atom. The molecule has 0 aliphatic heterocycles. The Morgan fingerprint density at radius 1 is 1.00 bits per heavy atom. The van der Waals surface area contributed by atoms with Crippen LogP contribution in [0.15, 0.2) is 66.7 Å². The van der Waals surface area contributed by atoms with Crippen molar-refractivity contribution in [2.24, 2.45) is 5.92 Å². The maximum Gasteiger partial charge on any atom is 0.193 e. The van der Waals surface area contributed by atoms with Crippen LogP contribution in [-0.4, -0.2) is 12.1 Å². The zero-order valence-corrected chi connectivity index (χ0v) is 14.9. The molecule has 130 valence electrons. The summed E-state index contributed by atoms with van der Waals surface area (Å²) in [6, 6.07) is 17.1. The predicted molar refractivity (Wildman–Crippen MR) is 103 cm³/mol. The van der Waals surface area contributed by atoms with Crippen molar-refractivity contribution in [2.75, 3.05) is 0 Å². The third-order valence-corrected chi connectivity index (χ3v) is 4.38. The second-order valence-electron chi connectivity index (χ2n) is 6.28. The molecule has 0 fully saturated rings. The highest BCUT2D eigenvalue weighted by Crippen LogP contribution is 2.22. The molecule has 0 radical (unpaired) electrons. The lowest BCUT2D eigenvalue weighted by Gasteiger charge is -2.16. The Morgan fingerprint density at radius 3 is 2.44 bits per heavy atom. The number of carbonyl (C=O) groups excluding carboxylic acids is 2. The van der Waals surface area contributed by atoms with Gasteiger partial charge in [-0.3, -0.25) is 4.79 Å². The normalized spacial score (nSPS) is 12.2. The fourth-order valence-electron chi connectivity index (χ4n) is 3.03. The van der Waals surface area contributed by atoms with Crippen LogP contribution in [0.25, 0.3) is 0 Å². The maximum absolute atomic E-state index is 12.8. The average Bonchev–Trinajstić information content (AvgIpc) is 2.66. The van der Waals surface area contributed by atoms with Gasteiger partial charge in [0.15, 0.2) is 5.78 Å². The van der Waals surface area contributed by atoms with Gasteiger partial charge in [0.2, 0.25) is 0 Å². The number of carbonyl (C=O) groups is 2. The summed E-state index contributed by atoms with van der Waals surface area (Å²) in [7, 11) is 0. The largest absolute Gasteiger partial charge is 0.303 e. The van der Waals surface area contributed by atoms with E-state index >= 15 is 0 Å². The predicted octanol–water partition coefficient (Wildman–Crippen LogP) is 5.41. The van der Waals surface area contributed by atoms with Crippen molar-refractivity contribution in [3.8, 4) is 0 Å². The van der Waals surface area contributed by atoms with Gasteiger partial charge in [-0.25, -0.2) is 0 Å². The van der Waals surface area contributed by atoms with Crippen LogP contribution < -0.4 is 0 Å². The van der Waals surface area contributed by atoms with Gasteiger partial charge in [-0.05, 0) is 37.2 Å². The number of hydrogen-bond donors (Lipinski definition) is 0. The quantitative estimate of drug-likeness (QED) is 0.331. The van der Waals surface area contributed by atoms with E-state index in [0.717, 1.165) is 43.1 Å². The van der Waals surface area contributed by atoms with Crippen LogP contribution in [0.3, 0.4) is 0 Å². The number of benzene rings is 2. The molecule has 0 aliphatic rings. The Kier molecular flexibility index (Phi) is 7.84. The zero-order chi connectivity index (χ0) is 17.9. The van der Waals surface area contributed by atoms with Gasteiger partial charge in [0.1, 0.15) is 6.29 Å². The maximum atomic E-state index is 12.8. The van der Waals surface area contributed by atoms with E-state index in [1.165, 1.54) is 0 Å². The summed E-state index contributed by atoms with van der Waals surface area (Å²) in [6.45, 7) is 2.12. The molecule has 2 nitrogen and oxygen atoms in total. The molecule has 0 aliphatic carbocycles. The highest BCUT2D eigenvalue weighted by molar-refractivity contribution is 6.09. The van der Waals surface area contributed by atoms with E-state index in [1.54, 1.807) is 0 Å². The van der Waals surface area contributed by atoms with Crippen LogP contribution in [0, 0.1) is 5.92 Å². The van der Waals surface area contributed by atoms with Crippen LogP contribution in [0.2, 0.25) is 0 Å². The van der Waals surface area contributed by atoms with Crippen molar-refractivity contribution in [1.29, 1.82) is 0 Å². The van der Waals surface area contributed by atoms with Gasteiger partial charge in [-0.1, -0.05) is 73.7 Å². The molecule has 0 saturated heterocycles.